The summed E-state index contributed by atoms with van der Waals surface area (Å²) < 4.78 is 42.1. The maximum absolute atomic E-state index is 13.3. The van der Waals surface area contributed by atoms with Crippen LogP contribution in [-0.2, 0) is 19.4 Å². The number of ether oxygens (including phenoxy) is 1. The number of methoxy groups -OCH3 is 1. The van der Waals surface area contributed by atoms with Crippen LogP contribution in [0, 0.1) is 11.7 Å². The molecule has 3 atom stereocenters. The second kappa shape index (κ2) is 13.4. The van der Waals surface area contributed by atoms with Crippen molar-refractivity contribution in [1.82, 2.24) is 15.5 Å². The molecule has 8 nitrogen and oxygen atoms in total. The summed E-state index contributed by atoms with van der Waals surface area (Å²) in [4.78, 5) is 27.5. The van der Waals surface area contributed by atoms with Crippen molar-refractivity contribution >= 4 is 21.7 Å². The monoisotopic (exact) mass is 561 g/mol. The number of rotatable bonds is 13. The van der Waals surface area contributed by atoms with Crippen molar-refractivity contribution < 1.29 is 27.1 Å². The van der Waals surface area contributed by atoms with E-state index in [0.717, 1.165) is 30.7 Å². The lowest BCUT2D eigenvalue weighted by atomic mass is 10.1. The van der Waals surface area contributed by atoms with Crippen molar-refractivity contribution in [3.63, 3.8) is 0 Å². The Morgan fingerprint density at radius 2 is 1.87 bits per heavy atom. The van der Waals surface area contributed by atoms with Crippen LogP contribution in [0.2, 0.25) is 0 Å². The summed E-state index contributed by atoms with van der Waals surface area (Å²) in [5.74, 6) is -0.249. The van der Waals surface area contributed by atoms with Gasteiger partial charge in [-0.15, -0.1) is 0 Å². The van der Waals surface area contributed by atoms with Crippen LogP contribution < -0.4 is 10.6 Å². The maximum Gasteiger partial charge on any atom is 0.251 e. The normalized spacial score (nSPS) is 23.3. The summed E-state index contributed by atoms with van der Waals surface area (Å²) in [5, 5.41) is 6.39. The van der Waals surface area contributed by atoms with Gasteiger partial charge in [0.2, 0.25) is 5.91 Å². The number of amides is 2. The Kier molecular flexibility index (Phi) is 10.5. The van der Waals surface area contributed by atoms with Crippen molar-refractivity contribution in [2.24, 2.45) is 5.92 Å². The second-order valence-corrected chi connectivity index (χ2v) is 12.7. The molecule has 0 unspecified atom stereocenters. The van der Waals surface area contributed by atoms with E-state index in [1.165, 1.54) is 29.2 Å². The van der Waals surface area contributed by atoms with Gasteiger partial charge in [0.25, 0.3) is 5.91 Å². The maximum atomic E-state index is 13.3. The molecule has 3 rings (SSSR count). The van der Waals surface area contributed by atoms with E-state index >= 15 is 0 Å². The Hall–Kier alpha value is -2.98. The average Bonchev–Trinajstić information content (AvgIpc) is 3.59. The molecule has 2 fully saturated rings. The van der Waals surface area contributed by atoms with E-state index < -0.39 is 27.6 Å². The van der Waals surface area contributed by atoms with Gasteiger partial charge in [0.15, 0.2) is 9.84 Å². The molecule has 1 saturated heterocycles. The Labute approximate surface area is 231 Å². The zero-order chi connectivity index (χ0) is 28.6. The molecule has 1 aromatic carbocycles. The minimum absolute atomic E-state index is 0.0318. The highest BCUT2D eigenvalue weighted by Gasteiger charge is 2.50. The van der Waals surface area contributed by atoms with Gasteiger partial charge < -0.3 is 20.3 Å². The standard InChI is InChI=1S/C29H40FN3O5S/c1-5-24(38-4)14-9-21(2)25-20-29(25,3)31-15-7-6-8-26(28(35)33-16-18-39(36,37)19-17-33)32-27(34)22-10-12-23(30)13-11-22/h5,9-14,25-26,31H,2,6-8,15-20H2,1,3-4H3,(H,32,34)/b14-9-,24-5+/t25-,26-,29+/m0/s1. The Morgan fingerprint density at radius 3 is 2.49 bits per heavy atom. The molecule has 1 aliphatic heterocycles. The second-order valence-electron chi connectivity index (χ2n) is 10.4. The van der Waals surface area contributed by atoms with Gasteiger partial charge in [-0.25, -0.2) is 12.8 Å². The summed E-state index contributed by atoms with van der Waals surface area (Å²) in [5.41, 5.74) is 1.26. The molecule has 1 aromatic rings. The number of allylic oxidation sites excluding steroid dienone is 3. The van der Waals surface area contributed by atoms with E-state index in [9.17, 15) is 22.4 Å². The first-order valence-corrected chi connectivity index (χ1v) is 15.2. The highest BCUT2D eigenvalue weighted by molar-refractivity contribution is 7.91. The van der Waals surface area contributed by atoms with Gasteiger partial charge in [-0.05, 0) is 82.5 Å². The number of nitrogens with zero attached hydrogens (tertiary/aromatic N) is 1. The number of halogens is 1. The molecule has 1 heterocycles. The van der Waals surface area contributed by atoms with Crippen LogP contribution in [0.3, 0.4) is 0 Å². The molecule has 0 radical (unpaired) electrons. The molecule has 1 aliphatic carbocycles. The summed E-state index contributed by atoms with van der Waals surface area (Å²) in [7, 11) is -1.51. The predicted octanol–water partition coefficient (Wildman–Crippen LogP) is 3.38. The van der Waals surface area contributed by atoms with Gasteiger partial charge in [-0.3, -0.25) is 9.59 Å². The number of benzene rings is 1. The Morgan fingerprint density at radius 1 is 1.21 bits per heavy atom. The fraction of sp³-hybridized carbons (Fsp3) is 0.517. The van der Waals surface area contributed by atoms with Gasteiger partial charge in [0, 0.05) is 30.1 Å². The number of nitrogens with one attached hydrogen (secondary N) is 2. The number of unbranched alkanes of at least 4 members (excludes halogenated alkanes) is 1. The van der Waals surface area contributed by atoms with Crippen molar-refractivity contribution in [3.8, 4) is 0 Å². The average molecular weight is 562 g/mol. The number of hydrogen-bond donors (Lipinski definition) is 2. The lowest BCUT2D eigenvalue weighted by Gasteiger charge is -2.30. The van der Waals surface area contributed by atoms with E-state index in [-0.39, 0.29) is 41.6 Å². The molecule has 1 saturated carbocycles. The molecule has 39 heavy (non-hydrogen) atoms. The fourth-order valence-electron chi connectivity index (χ4n) is 4.79. The van der Waals surface area contributed by atoms with E-state index in [2.05, 4.69) is 24.1 Å². The molecule has 2 amide bonds. The quantitative estimate of drug-likeness (QED) is 0.217. The summed E-state index contributed by atoms with van der Waals surface area (Å²) in [6.45, 7) is 9.26. The van der Waals surface area contributed by atoms with E-state index in [1.807, 2.05) is 25.2 Å². The molecule has 0 spiro atoms. The summed E-state index contributed by atoms with van der Waals surface area (Å²) in [6.07, 6.45) is 8.66. The van der Waals surface area contributed by atoms with Crippen LogP contribution in [0.15, 0.2) is 60.4 Å². The highest BCUT2D eigenvalue weighted by Crippen LogP contribution is 2.47. The molecular formula is C29H40FN3O5S. The Balaban J connectivity index is 1.52. The van der Waals surface area contributed by atoms with Gasteiger partial charge in [-0.2, -0.15) is 0 Å². The SMILES string of the molecule is C=C(/C=C\C(=C/C)OC)[C@@H]1C[C@@]1(C)NCCCC[C@H](NC(=O)c1ccc(F)cc1)C(=O)N1CCS(=O)(=O)CC1. The fourth-order valence-corrected chi connectivity index (χ4v) is 5.99. The molecular weight excluding hydrogens is 521 g/mol. The molecule has 0 aromatic heterocycles. The van der Waals surface area contributed by atoms with Crippen LogP contribution in [0.4, 0.5) is 4.39 Å². The van der Waals surface area contributed by atoms with Crippen molar-refractivity contribution in [2.75, 3.05) is 38.2 Å². The van der Waals surface area contributed by atoms with Crippen molar-refractivity contribution in [3.05, 3.63) is 71.8 Å². The van der Waals surface area contributed by atoms with Gasteiger partial charge in [0.05, 0.1) is 18.6 Å². The van der Waals surface area contributed by atoms with Crippen molar-refractivity contribution in [2.45, 2.75) is 51.1 Å². The van der Waals surface area contributed by atoms with Crippen LogP contribution >= 0.6 is 0 Å². The highest BCUT2D eigenvalue weighted by atomic mass is 32.2. The zero-order valence-corrected chi connectivity index (χ0v) is 23.9. The zero-order valence-electron chi connectivity index (χ0n) is 23.0. The summed E-state index contributed by atoms with van der Waals surface area (Å²) in [6, 6.07) is 4.33. The van der Waals surface area contributed by atoms with E-state index in [0.29, 0.717) is 18.8 Å². The molecule has 10 heteroatoms. The van der Waals surface area contributed by atoms with Gasteiger partial charge in [-0.1, -0.05) is 18.2 Å². The van der Waals surface area contributed by atoms with Crippen LogP contribution in [0.5, 0.6) is 0 Å². The lowest BCUT2D eigenvalue weighted by Crippen LogP contribution is -2.52. The van der Waals surface area contributed by atoms with E-state index in [1.54, 1.807) is 7.11 Å². The molecule has 0 bridgehead atoms. The Bertz CT molecular complexity index is 1200. The van der Waals surface area contributed by atoms with Crippen molar-refractivity contribution in [1.29, 1.82) is 0 Å². The predicted molar refractivity (Wildman–Crippen MR) is 150 cm³/mol. The molecule has 214 valence electrons. The largest absolute Gasteiger partial charge is 0.497 e. The number of carbonyl (C=O) groups is 2. The minimum Gasteiger partial charge on any atom is -0.497 e. The third-order valence-electron chi connectivity index (χ3n) is 7.48. The number of carbonyl (C=O) groups excluding carboxylic acids is 2. The van der Waals surface area contributed by atoms with E-state index in [4.69, 9.17) is 4.74 Å². The summed E-state index contributed by atoms with van der Waals surface area (Å²) >= 11 is 0. The topological polar surface area (TPSA) is 105 Å². The first kappa shape index (κ1) is 30.6. The third-order valence-corrected chi connectivity index (χ3v) is 9.09. The van der Waals surface area contributed by atoms with Gasteiger partial charge in [0.1, 0.15) is 17.6 Å². The molecule has 2 N–H and O–H groups in total. The first-order valence-electron chi connectivity index (χ1n) is 13.4. The number of sulfone groups is 1. The van der Waals surface area contributed by atoms with Gasteiger partial charge >= 0.3 is 0 Å². The molecule has 2 aliphatic rings. The lowest BCUT2D eigenvalue weighted by molar-refractivity contribution is -0.133. The first-order chi connectivity index (χ1) is 18.5. The third kappa shape index (κ3) is 8.76. The van der Waals surface area contributed by atoms with Crippen LogP contribution in [-0.4, -0.2) is 75.0 Å². The number of hydrogen-bond acceptors (Lipinski definition) is 6. The minimum atomic E-state index is -3.14. The van der Waals surface area contributed by atoms with Crippen LogP contribution in [0.1, 0.15) is 49.9 Å². The smallest absolute Gasteiger partial charge is 0.251 e. The van der Waals surface area contributed by atoms with Crippen LogP contribution in [0.25, 0.3) is 0 Å².